The molecule has 0 unspecified atom stereocenters. The van der Waals surface area contributed by atoms with Crippen molar-refractivity contribution >= 4 is 30.0 Å². The summed E-state index contributed by atoms with van der Waals surface area (Å²) in [7, 11) is 0. The van der Waals surface area contributed by atoms with Gasteiger partial charge in [-0.05, 0) is 24.4 Å². The highest BCUT2D eigenvalue weighted by Crippen LogP contribution is 2.17. The SMILES string of the molecule is CC(C)c1n[nH]c(=S)n1N=Cc1c(F)cccc1Cl. The van der Waals surface area contributed by atoms with Crippen molar-refractivity contribution in [2.24, 2.45) is 5.10 Å². The Hall–Kier alpha value is -1.53. The first-order valence-corrected chi connectivity index (χ1v) is 6.45. The number of aromatic nitrogens is 3. The van der Waals surface area contributed by atoms with Crippen LogP contribution in [-0.2, 0) is 0 Å². The molecule has 2 rings (SSSR count). The van der Waals surface area contributed by atoms with Gasteiger partial charge >= 0.3 is 0 Å². The van der Waals surface area contributed by atoms with E-state index in [1.165, 1.54) is 23.0 Å². The lowest BCUT2D eigenvalue weighted by molar-refractivity contribution is 0.625. The van der Waals surface area contributed by atoms with Crippen molar-refractivity contribution in [3.05, 3.63) is 45.2 Å². The summed E-state index contributed by atoms with van der Waals surface area (Å²) in [6.07, 6.45) is 1.34. The fourth-order valence-corrected chi connectivity index (χ4v) is 1.94. The molecule has 1 N–H and O–H groups in total. The second-order valence-electron chi connectivity index (χ2n) is 4.23. The maximum absolute atomic E-state index is 13.6. The average Bonchev–Trinajstić information content (AvgIpc) is 2.70. The van der Waals surface area contributed by atoms with Crippen molar-refractivity contribution in [3.63, 3.8) is 0 Å². The van der Waals surface area contributed by atoms with Crippen LogP contribution in [0.4, 0.5) is 4.39 Å². The van der Waals surface area contributed by atoms with E-state index in [-0.39, 0.29) is 11.5 Å². The monoisotopic (exact) mass is 298 g/mol. The number of benzene rings is 1. The first-order valence-electron chi connectivity index (χ1n) is 5.66. The smallest absolute Gasteiger partial charge is 0.216 e. The van der Waals surface area contributed by atoms with E-state index in [1.807, 2.05) is 13.8 Å². The van der Waals surface area contributed by atoms with E-state index in [2.05, 4.69) is 15.3 Å². The van der Waals surface area contributed by atoms with Crippen LogP contribution in [0.15, 0.2) is 23.3 Å². The molecule has 0 atom stereocenters. The molecule has 19 heavy (non-hydrogen) atoms. The van der Waals surface area contributed by atoms with Crippen molar-refractivity contribution < 1.29 is 4.39 Å². The van der Waals surface area contributed by atoms with Crippen LogP contribution in [0.2, 0.25) is 5.02 Å². The van der Waals surface area contributed by atoms with Gasteiger partial charge in [-0.2, -0.15) is 14.9 Å². The summed E-state index contributed by atoms with van der Waals surface area (Å²) in [5.41, 5.74) is 0.224. The van der Waals surface area contributed by atoms with Crippen LogP contribution in [0.3, 0.4) is 0 Å². The Kier molecular flexibility index (Phi) is 4.11. The van der Waals surface area contributed by atoms with Crippen LogP contribution in [0.25, 0.3) is 0 Å². The number of H-pyrrole nitrogens is 1. The summed E-state index contributed by atoms with van der Waals surface area (Å²) < 4.78 is 15.4. The molecule has 4 nitrogen and oxygen atoms in total. The third kappa shape index (κ3) is 2.90. The zero-order chi connectivity index (χ0) is 14.0. The van der Waals surface area contributed by atoms with Crippen LogP contribution >= 0.6 is 23.8 Å². The van der Waals surface area contributed by atoms with Crippen molar-refractivity contribution in [2.45, 2.75) is 19.8 Å². The Morgan fingerprint density at radius 3 is 2.89 bits per heavy atom. The molecule has 0 saturated heterocycles. The summed E-state index contributed by atoms with van der Waals surface area (Å²) >= 11 is 11.0. The molecule has 2 aromatic rings. The molecule has 0 spiro atoms. The molecule has 0 bridgehead atoms. The normalized spacial score (nSPS) is 11.6. The fraction of sp³-hybridized carbons (Fsp3) is 0.250. The van der Waals surface area contributed by atoms with Gasteiger partial charge in [0.05, 0.1) is 11.2 Å². The number of nitrogens with zero attached hydrogens (tertiary/aromatic N) is 3. The molecule has 1 aromatic heterocycles. The maximum atomic E-state index is 13.6. The first-order chi connectivity index (χ1) is 9.00. The van der Waals surface area contributed by atoms with Gasteiger partial charge in [-0.1, -0.05) is 31.5 Å². The third-order valence-electron chi connectivity index (χ3n) is 2.49. The number of rotatable bonds is 3. The summed E-state index contributed by atoms with van der Waals surface area (Å²) in [4.78, 5) is 0. The van der Waals surface area contributed by atoms with Gasteiger partial charge in [0.2, 0.25) is 4.77 Å². The van der Waals surface area contributed by atoms with Gasteiger partial charge in [0.25, 0.3) is 0 Å². The molecule has 0 fully saturated rings. The van der Waals surface area contributed by atoms with Crippen molar-refractivity contribution in [2.75, 3.05) is 0 Å². The Morgan fingerprint density at radius 1 is 1.53 bits per heavy atom. The molecule has 1 heterocycles. The van der Waals surface area contributed by atoms with E-state index in [4.69, 9.17) is 23.8 Å². The number of hydrogen-bond donors (Lipinski definition) is 1. The van der Waals surface area contributed by atoms with Crippen molar-refractivity contribution in [1.82, 2.24) is 14.9 Å². The van der Waals surface area contributed by atoms with Gasteiger partial charge in [-0.3, -0.25) is 5.10 Å². The minimum absolute atomic E-state index is 0.140. The van der Waals surface area contributed by atoms with E-state index in [0.29, 0.717) is 15.6 Å². The largest absolute Gasteiger partial charge is 0.250 e. The Labute approximate surface area is 119 Å². The summed E-state index contributed by atoms with van der Waals surface area (Å²) in [5.74, 6) is 0.382. The lowest BCUT2D eigenvalue weighted by atomic mass is 10.2. The predicted molar refractivity (Wildman–Crippen MR) is 75.9 cm³/mol. The molecule has 0 aliphatic carbocycles. The van der Waals surface area contributed by atoms with E-state index < -0.39 is 5.82 Å². The third-order valence-corrected chi connectivity index (χ3v) is 3.09. The van der Waals surface area contributed by atoms with E-state index >= 15 is 0 Å². The number of aromatic amines is 1. The van der Waals surface area contributed by atoms with Gasteiger partial charge in [-0.15, -0.1) is 0 Å². The van der Waals surface area contributed by atoms with Gasteiger partial charge in [0, 0.05) is 11.5 Å². The van der Waals surface area contributed by atoms with Crippen LogP contribution in [0.1, 0.15) is 31.2 Å². The van der Waals surface area contributed by atoms with Crippen molar-refractivity contribution in [3.8, 4) is 0 Å². The highest BCUT2D eigenvalue weighted by molar-refractivity contribution is 7.71. The Morgan fingerprint density at radius 2 is 2.26 bits per heavy atom. The minimum atomic E-state index is -0.433. The van der Waals surface area contributed by atoms with Crippen LogP contribution in [0, 0.1) is 10.6 Å². The minimum Gasteiger partial charge on any atom is -0.250 e. The number of halogens is 2. The first kappa shape index (κ1) is 13.9. The van der Waals surface area contributed by atoms with Gasteiger partial charge < -0.3 is 0 Å². The van der Waals surface area contributed by atoms with Crippen LogP contribution in [0.5, 0.6) is 0 Å². The Bertz CT molecular complexity index is 654. The number of hydrogen-bond acceptors (Lipinski definition) is 3. The van der Waals surface area contributed by atoms with Crippen LogP contribution < -0.4 is 0 Å². The summed E-state index contributed by atoms with van der Waals surface area (Å²) in [6.45, 7) is 3.93. The molecule has 1 aromatic carbocycles. The average molecular weight is 299 g/mol. The van der Waals surface area contributed by atoms with Crippen LogP contribution in [-0.4, -0.2) is 21.1 Å². The van der Waals surface area contributed by atoms with Crippen molar-refractivity contribution in [1.29, 1.82) is 0 Å². The Balaban J connectivity index is 2.44. The molecular formula is C12H12ClFN4S. The van der Waals surface area contributed by atoms with E-state index in [9.17, 15) is 4.39 Å². The standard InChI is InChI=1S/C12H12ClFN4S/c1-7(2)11-16-17-12(19)18(11)15-6-8-9(13)4-3-5-10(8)14/h3-7H,1-2H3,(H,17,19). The summed E-state index contributed by atoms with van der Waals surface area (Å²) in [5, 5.41) is 11.2. The molecule has 0 aliphatic rings. The number of nitrogens with one attached hydrogen (secondary N) is 1. The lowest BCUT2D eigenvalue weighted by Gasteiger charge is -2.03. The van der Waals surface area contributed by atoms with Gasteiger partial charge in [0.15, 0.2) is 5.82 Å². The second-order valence-corrected chi connectivity index (χ2v) is 5.03. The fourth-order valence-electron chi connectivity index (χ4n) is 1.54. The molecule has 7 heteroatoms. The van der Waals surface area contributed by atoms with Gasteiger partial charge in [-0.25, -0.2) is 4.39 Å². The second kappa shape index (κ2) is 5.63. The highest BCUT2D eigenvalue weighted by atomic mass is 35.5. The molecule has 100 valence electrons. The molecule has 0 aliphatic heterocycles. The van der Waals surface area contributed by atoms with E-state index in [1.54, 1.807) is 6.07 Å². The summed E-state index contributed by atoms with van der Waals surface area (Å²) in [6, 6.07) is 4.47. The maximum Gasteiger partial charge on any atom is 0.216 e. The predicted octanol–water partition coefficient (Wildman–Crippen LogP) is 3.74. The molecular weight excluding hydrogens is 287 g/mol. The molecule has 0 radical (unpaired) electrons. The zero-order valence-corrected chi connectivity index (χ0v) is 12.0. The zero-order valence-electron chi connectivity index (χ0n) is 10.4. The molecule has 0 amide bonds. The quantitative estimate of drug-likeness (QED) is 0.693. The topological polar surface area (TPSA) is 46.0 Å². The highest BCUT2D eigenvalue weighted by Gasteiger charge is 2.09. The molecule has 0 saturated carbocycles. The van der Waals surface area contributed by atoms with Gasteiger partial charge in [0.1, 0.15) is 5.82 Å². The lowest BCUT2D eigenvalue weighted by Crippen LogP contribution is -2.01. The van der Waals surface area contributed by atoms with E-state index in [0.717, 1.165) is 0 Å².